The highest BCUT2D eigenvalue weighted by molar-refractivity contribution is 6.40. The summed E-state index contributed by atoms with van der Waals surface area (Å²) < 4.78 is 0. The molecule has 3 nitrogen and oxygen atoms in total. The third kappa shape index (κ3) is 2.34. The molecule has 0 spiro atoms. The molecule has 0 aromatic carbocycles. The summed E-state index contributed by atoms with van der Waals surface area (Å²) in [7, 11) is 0. The molecule has 0 amide bonds. The van der Waals surface area contributed by atoms with Crippen LogP contribution in [0.25, 0.3) is 0 Å². The molecule has 3 heteroatoms. The summed E-state index contributed by atoms with van der Waals surface area (Å²) in [5.41, 5.74) is 1.17. The quantitative estimate of drug-likeness (QED) is 0.643. The van der Waals surface area contributed by atoms with Gasteiger partial charge in [0.25, 0.3) is 0 Å². The monoisotopic (exact) mass is 165 g/mol. The molecule has 0 saturated carbocycles. The molecule has 0 aliphatic carbocycles. The average Bonchev–Trinajstić information content (AvgIpc) is 1.95. The van der Waals surface area contributed by atoms with Gasteiger partial charge in [-0.25, -0.2) is 9.79 Å². The Hall–Kier alpha value is -1.38. The van der Waals surface area contributed by atoms with Crippen LogP contribution in [0.4, 0.5) is 0 Å². The summed E-state index contributed by atoms with van der Waals surface area (Å²) in [6.07, 6.45) is 6.87. The molecule has 0 saturated heterocycles. The molecule has 0 unspecified atom stereocenters. The average molecular weight is 165 g/mol. The molecule has 1 rings (SSSR count). The second-order valence-corrected chi connectivity index (χ2v) is 2.73. The summed E-state index contributed by atoms with van der Waals surface area (Å²) >= 11 is 0. The fourth-order valence-electron chi connectivity index (χ4n) is 0.978. The Morgan fingerprint density at radius 3 is 3.08 bits per heavy atom. The van der Waals surface area contributed by atoms with Crippen molar-refractivity contribution >= 4 is 11.7 Å². The van der Waals surface area contributed by atoms with Crippen LogP contribution in [-0.4, -0.2) is 16.8 Å². The van der Waals surface area contributed by atoms with E-state index >= 15 is 0 Å². The van der Waals surface area contributed by atoms with Crippen LogP contribution in [0.2, 0.25) is 0 Å². The normalized spacial score (nSPS) is 17.4. The van der Waals surface area contributed by atoms with Gasteiger partial charge in [-0.3, -0.25) is 0 Å². The zero-order valence-corrected chi connectivity index (χ0v) is 6.95. The first-order valence-corrected chi connectivity index (χ1v) is 3.83. The van der Waals surface area contributed by atoms with Crippen molar-refractivity contribution in [2.75, 3.05) is 0 Å². The molecule has 0 fully saturated rings. The van der Waals surface area contributed by atoms with E-state index in [1.54, 1.807) is 12.3 Å². The number of hydrogen-bond acceptors (Lipinski definition) is 2. The van der Waals surface area contributed by atoms with Gasteiger partial charge in [-0.2, -0.15) is 0 Å². The molecule has 0 bridgehead atoms. The number of aliphatic imine (C=N–C) groups is 1. The van der Waals surface area contributed by atoms with E-state index in [0.29, 0.717) is 0 Å². The lowest BCUT2D eigenvalue weighted by Gasteiger charge is -2.01. The third-order valence-electron chi connectivity index (χ3n) is 1.63. The van der Waals surface area contributed by atoms with E-state index in [2.05, 4.69) is 4.99 Å². The summed E-state index contributed by atoms with van der Waals surface area (Å²) in [6.45, 7) is 1.91. The Balaban J connectivity index is 2.92. The zero-order chi connectivity index (χ0) is 8.97. The SMILES string of the molecule is CC1=CC(C(=O)O)=NC=CCC1. The predicted molar refractivity (Wildman–Crippen MR) is 47.2 cm³/mol. The molecular formula is C9H11NO2. The summed E-state index contributed by atoms with van der Waals surface area (Å²) in [5, 5.41) is 8.66. The Morgan fingerprint density at radius 1 is 1.67 bits per heavy atom. The largest absolute Gasteiger partial charge is 0.477 e. The first-order chi connectivity index (χ1) is 5.70. The van der Waals surface area contributed by atoms with E-state index < -0.39 is 5.97 Å². The van der Waals surface area contributed by atoms with E-state index in [1.807, 2.05) is 13.0 Å². The highest BCUT2D eigenvalue weighted by Gasteiger charge is 2.06. The number of carboxylic acids is 1. The van der Waals surface area contributed by atoms with Crippen molar-refractivity contribution < 1.29 is 9.90 Å². The fraction of sp³-hybridized carbons (Fsp3) is 0.333. The molecule has 1 aliphatic heterocycles. The molecule has 0 radical (unpaired) electrons. The molecule has 0 aromatic heterocycles. The van der Waals surface area contributed by atoms with Gasteiger partial charge in [-0.1, -0.05) is 11.6 Å². The van der Waals surface area contributed by atoms with Gasteiger partial charge in [-0.15, -0.1) is 0 Å². The molecule has 1 heterocycles. The minimum Gasteiger partial charge on any atom is -0.477 e. The lowest BCUT2D eigenvalue weighted by atomic mass is 10.1. The van der Waals surface area contributed by atoms with Crippen molar-refractivity contribution in [3.63, 3.8) is 0 Å². The molecule has 0 atom stereocenters. The fourth-order valence-corrected chi connectivity index (χ4v) is 0.978. The topological polar surface area (TPSA) is 49.7 Å². The highest BCUT2D eigenvalue weighted by Crippen LogP contribution is 2.07. The van der Waals surface area contributed by atoms with Crippen molar-refractivity contribution in [2.45, 2.75) is 19.8 Å². The Bertz CT molecular complexity index is 274. The zero-order valence-electron chi connectivity index (χ0n) is 6.95. The number of nitrogens with zero attached hydrogens (tertiary/aromatic N) is 1. The highest BCUT2D eigenvalue weighted by atomic mass is 16.4. The van der Waals surface area contributed by atoms with Crippen LogP contribution >= 0.6 is 0 Å². The maximum absolute atomic E-state index is 10.6. The lowest BCUT2D eigenvalue weighted by Crippen LogP contribution is -2.10. The molecule has 1 N–H and O–H groups in total. The second-order valence-electron chi connectivity index (χ2n) is 2.73. The number of rotatable bonds is 1. The minimum atomic E-state index is -0.971. The van der Waals surface area contributed by atoms with Crippen LogP contribution in [0.5, 0.6) is 0 Å². The first kappa shape index (κ1) is 8.71. The molecular weight excluding hydrogens is 154 g/mol. The molecule has 0 aromatic rings. The van der Waals surface area contributed by atoms with Gasteiger partial charge in [-0.05, 0) is 25.8 Å². The van der Waals surface area contributed by atoms with Gasteiger partial charge in [0.2, 0.25) is 0 Å². The Kier molecular flexibility index (Phi) is 2.80. The van der Waals surface area contributed by atoms with E-state index in [4.69, 9.17) is 5.11 Å². The maximum atomic E-state index is 10.6. The van der Waals surface area contributed by atoms with E-state index in [0.717, 1.165) is 18.4 Å². The first-order valence-electron chi connectivity index (χ1n) is 3.83. The van der Waals surface area contributed by atoms with Crippen molar-refractivity contribution in [1.29, 1.82) is 0 Å². The van der Waals surface area contributed by atoms with Gasteiger partial charge >= 0.3 is 5.97 Å². The van der Waals surface area contributed by atoms with E-state index in [-0.39, 0.29) is 5.71 Å². The van der Waals surface area contributed by atoms with Crippen molar-refractivity contribution in [3.8, 4) is 0 Å². The molecule has 64 valence electrons. The number of aliphatic carboxylic acids is 1. The molecule has 1 aliphatic rings. The maximum Gasteiger partial charge on any atom is 0.354 e. The molecule has 12 heavy (non-hydrogen) atoms. The van der Waals surface area contributed by atoms with Gasteiger partial charge < -0.3 is 5.11 Å². The summed E-state index contributed by atoms with van der Waals surface area (Å²) in [6, 6.07) is 0. The van der Waals surface area contributed by atoms with Gasteiger partial charge in [0.1, 0.15) is 5.71 Å². The van der Waals surface area contributed by atoms with E-state index in [1.165, 1.54) is 0 Å². The van der Waals surface area contributed by atoms with Gasteiger partial charge in [0, 0.05) is 6.20 Å². The second kappa shape index (κ2) is 3.85. The number of carboxylic acid groups (broad SMARTS) is 1. The third-order valence-corrected chi connectivity index (χ3v) is 1.63. The van der Waals surface area contributed by atoms with Crippen LogP contribution in [0.15, 0.2) is 28.9 Å². The van der Waals surface area contributed by atoms with Crippen LogP contribution in [-0.2, 0) is 4.79 Å². The van der Waals surface area contributed by atoms with Gasteiger partial charge in [0.15, 0.2) is 0 Å². The van der Waals surface area contributed by atoms with Crippen LogP contribution in [0.1, 0.15) is 19.8 Å². The van der Waals surface area contributed by atoms with Crippen LogP contribution in [0, 0.1) is 0 Å². The van der Waals surface area contributed by atoms with Crippen LogP contribution < -0.4 is 0 Å². The number of allylic oxidation sites excluding steroid dienone is 2. The van der Waals surface area contributed by atoms with Crippen LogP contribution in [0.3, 0.4) is 0 Å². The standard InChI is InChI=1S/C9H11NO2/c1-7-4-2-3-5-10-8(6-7)9(11)12/h3,5-6H,2,4H2,1H3,(H,11,12). The van der Waals surface area contributed by atoms with Crippen molar-refractivity contribution in [3.05, 3.63) is 23.9 Å². The smallest absolute Gasteiger partial charge is 0.354 e. The minimum absolute atomic E-state index is 0.114. The summed E-state index contributed by atoms with van der Waals surface area (Å²) in [4.78, 5) is 14.3. The van der Waals surface area contributed by atoms with Crippen molar-refractivity contribution in [2.24, 2.45) is 4.99 Å². The van der Waals surface area contributed by atoms with Crippen molar-refractivity contribution in [1.82, 2.24) is 0 Å². The number of hydrogen-bond donors (Lipinski definition) is 1. The Labute approximate surface area is 71.1 Å². The number of carbonyl (C=O) groups is 1. The van der Waals surface area contributed by atoms with E-state index in [9.17, 15) is 4.79 Å². The predicted octanol–water partition coefficient (Wildman–Crippen LogP) is 1.77. The lowest BCUT2D eigenvalue weighted by molar-refractivity contribution is -0.129. The van der Waals surface area contributed by atoms with Gasteiger partial charge in [0.05, 0.1) is 0 Å². The summed E-state index contributed by atoms with van der Waals surface area (Å²) in [5.74, 6) is -0.971. The Morgan fingerprint density at radius 2 is 2.42 bits per heavy atom.